The first-order chi connectivity index (χ1) is 12.7. The molecule has 8 heteroatoms. The molecular weight excluding hydrogens is 368 g/mol. The summed E-state index contributed by atoms with van der Waals surface area (Å²) in [6, 6.07) is 17.1. The van der Waals surface area contributed by atoms with Crippen LogP contribution in [0.4, 0.5) is 16.5 Å². The highest BCUT2D eigenvalue weighted by Crippen LogP contribution is 2.31. The van der Waals surface area contributed by atoms with Crippen LogP contribution in [0.3, 0.4) is 0 Å². The topological polar surface area (TPSA) is 76.1 Å². The molecule has 1 aromatic heterocycles. The average Bonchev–Trinajstić information content (AvgIpc) is 3.09. The molecule has 0 spiro atoms. The lowest BCUT2D eigenvalue weighted by Gasteiger charge is -2.12. The number of carbonyl (C=O) groups excluding carboxylic acids is 1. The van der Waals surface area contributed by atoms with E-state index in [-0.39, 0.29) is 11.2 Å². The van der Waals surface area contributed by atoms with Crippen molar-refractivity contribution in [2.45, 2.75) is 16.5 Å². The van der Waals surface area contributed by atoms with Crippen LogP contribution >= 0.6 is 23.1 Å². The first kappa shape index (κ1) is 18.2. The number of methoxy groups -OCH3 is 1. The highest BCUT2D eigenvalue weighted by atomic mass is 32.2. The third kappa shape index (κ3) is 4.74. The zero-order valence-corrected chi connectivity index (χ0v) is 15.9. The molecule has 1 amide bonds. The Morgan fingerprint density at radius 1 is 1.12 bits per heavy atom. The Hall–Kier alpha value is -2.58. The lowest BCUT2D eigenvalue weighted by molar-refractivity contribution is -0.115. The lowest BCUT2D eigenvalue weighted by Crippen LogP contribution is -2.22. The molecular formula is C18H18N4O2S2. The molecule has 0 fully saturated rings. The molecule has 0 radical (unpaired) electrons. The summed E-state index contributed by atoms with van der Waals surface area (Å²) in [5, 5.41) is 14.7. The molecule has 2 N–H and O–H groups in total. The van der Waals surface area contributed by atoms with Gasteiger partial charge in [0.25, 0.3) is 0 Å². The smallest absolute Gasteiger partial charge is 0.237 e. The third-order valence-corrected chi connectivity index (χ3v) is 5.47. The predicted octanol–water partition coefficient (Wildman–Crippen LogP) is 4.41. The van der Waals surface area contributed by atoms with Crippen molar-refractivity contribution in [2.24, 2.45) is 0 Å². The molecule has 134 valence electrons. The van der Waals surface area contributed by atoms with E-state index in [4.69, 9.17) is 4.74 Å². The van der Waals surface area contributed by atoms with Crippen LogP contribution in [0, 0.1) is 0 Å². The fourth-order valence-electron chi connectivity index (χ4n) is 2.14. The van der Waals surface area contributed by atoms with Crippen LogP contribution in [0.1, 0.15) is 6.92 Å². The Balaban J connectivity index is 1.59. The van der Waals surface area contributed by atoms with Crippen LogP contribution in [0.25, 0.3) is 0 Å². The molecule has 0 aliphatic heterocycles. The number of hydrogen-bond donors (Lipinski definition) is 2. The van der Waals surface area contributed by atoms with Gasteiger partial charge in [-0.25, -0.2) is 0 Å². The van der Waals surface area contributed by atoms with E-state index in [1.165, 1.54) is 23.1 Å². The molecule has 3 rings (SSSR count). The molecule has 1 atom stereocenters. The Morgan fingerprint density at radius 3 is 2.62 bits per heavy atom. The number of benzene rings is 2. The maximum Gasteiger partial charge on any atom is 0.237 e. The summed E-state index contributed by atoms with van der Waals surface area (Å²) in [7, 11) is 1.58. The van der Waals surface area contributed by atoms with E-state index in [1.807, 2.05) is 49.4 Å². The van der Waals surface area contributed by atoms with Crippen molar-refractivity contribution in [1.29, 1.82) is 0 Å². The quantitative estimate of drug-likeness (QED) is 0.586. The normalized spacial score (nSPS) is 11.6. The number of ether oxygens (including phenoxy) is 1. The molecule has 0 saturated carbocycles. The molecule has 26 heavy (non-hydrogen) atoms. The van der Waals surface area contributed by atoms with E-state index in [9.17, 15) is 4.79 Å². The maximum atomic E-state index is 12.4. The largest absolute Gasteiger partial charge is 0.495 e. The number of nitrogens with one attached hydrogen (secondary N) is 2. The SMILES string of the molecule is COc1ccccc1NC(=O)[C@H](C)Sc1nnc(Nc2ccccc2)s1. The van der Waals surface area contributed by atoms with Gasteiger partial charge in [0.1, 0.15) is 5.75 Å². The highest BCUT2D eigenvalue weighted by Gasteiger charge is 2.18. The monoisotopic (exact) mass is 386 g/mol. The van der Waals surface area contributed by atoms with Crippen molar-refractivity contribution in [3.8, 4) is 5.75 Å². The molecule has 3 aromatic rings. The maximum absolute atomic E-state index is 12.4. The van der Waals surface area contributed by atoms with Gasteiger partial charge in [0.2, 0.25) is 11.0 Å². The first-order valence-electron chi connectivity index (χ1n) is 7.92. The number of aromatic nitrogens is 2. The molecule has 1 heterocycles. The number of para-hydroxylation sites is 3. The van der Waals surface area contributed by atoms with Gasteiger partial charge in [0, 0.05) is 5.69 Å². The average molecular weight is 387 g/mol. The number of thioether (sulfide) groups is 1. The number of nitrogens with zero attached hydrogens (tertiary/aromatic N) is 2. The van der Waals surface area contributed by atoms with E-state index in [1.54, 1.807) is 19.2 Å². The van der Waals surface area contributed by atoms with Crippen molar-refractivity contribution in [1.82, 2.24) is 10.2 Å². The van der Waals surface area contributed by atoms with Gasteiger partial charge in [-0.2, -0.15) is 0 Å². The fourth-order valence-corrected chi connectivity index (χ4v) is 4.06. The van der Waals surface area contributed by atoms with E-state index in [2.05, 4.69) is 20.8 Å². The van der Waals surface area contributed by atoms with Gasteiger partial charge >= 0.3 is 0 Å². The number of hydrogen-bond acceptors (Lipinski definition) is 7. The van der Waals surface area contributed by atoms with Gasteiger partial charge in [-0.15, -0.1) is 10.2 Å². The minimum Gasteiger partial charge on any atom is -0.495 e. The van der Waals surface area contributed by atoms with Crippen LogP contribution in [0.2, 0.25) is 0 Å². The van der Waals surface area contributed by atoms with Crippen molar-refractivity contribution >= 4 is 45.5 Å². The van der Waals surface area contributed by atoms with Gasteiger partial charge in [0.05, 0.1) is 18.0 Å². The Bertz CT molecular complexity index is 870. The van der Waals surface area contributed by atoms with Crippen LogP contribution in [-0.2, 0) is 4.79 Å². The van der Waals surface area contributed by atoms with Gasteiger partial charge < -0.3 is 15.4 Å². The Morgan fingerprint density at radius 2 is 1.85 bits per heavy atom. The molecule has 0 saturated heterocycles. The molecule has 0 unspecified atom stereocenters. The molecule has 6 nitrogen and oxygen atoms in total. The van der Waals surface area contributed by atoms with Gasteiger partial charge in [0.15, 0.2) is 4.34 Å². The minimum atomic E-state index is -0.322. The van der Waals surface area contributed by atoms with E-state index >= 15 is 0 Å². The summed E-state index contributed by atoms with van der Waals surface area (Å²) < 4.78 is 5.98. The fraction of sp³-hybridized carbons (Fsp3) is 0.167. The van der Waals surface area contributed by atoms with Gasteiger partial charge in [-0.1, -0.05) is 53.4 Å². The summed E-state index contributed by atoms with van der Waals surface area (Å²) in [6.45, 7) is 1.83. The number of amides is 1. The van der Waals surface area contributed by atoms with E-state index in [0.717, 1.165) is 10.0 Å². The van der Waals surface area contributed by atoms with E-state index < -0.39 is 0 Å². The zero-order valence-electron chi connectivity index (χ0n) is 14.3. The standard InChI is InChI=1S/C18H18N4O2S2/c1-12(16(23)20-14-10-6-7-11-15(14)24-2)25-18-22-21-17(26-18)19-13-8-4-3-5-9-13/h3-12H,1-2H3,(H,19,21)(H,20,23)/t12-/m0/s1. The number of anilines is 3. The van der Waals surface area contributed by atoms with Gasteiger partial charge in [-0.05, 0) is 31.2 Å². The number of carbonyl (C=O) groups is 1. The highest BCUT2D eigenvalue weighted by molar-refractivity contribution is 8.02. The van der Waals surface area contributed by atoms with Gasteiger partial charge in [-0.3, -0.25) is 4.79 Å². The van der Waals surface area contributed by atoms with Crippen molar-refractivity contribution in [2.75, 3.05) is 17.7 Å². The summed E-state index contributed by atoms with van der Waals surface area (Å²) in [5.74, 6) is 0.510. The summed E-state index contributed by atoms with van der Waals surface area (Å²) in [6.07, 6.45) is 0. The Kier molecular flexibility index (Phi) is 6.08. The lowest BCUT2D eigenvalue weighted by atomic mass is 10.3. The Labute approximate surface area is 160 Å². The summed E-state index contributed by atoms with van der Waals surface area (Å²) in [5.41, 5.74) is 1.60. The van der Waals surface area contributed by atoms with Crippen LogP contribution in [0.15, 0.2) is 58.9 Å². The second-order valence-electron chi connectivity index (χ2n) is 5.31. The second-order valence-corrected chi connectivity index (χ2v) is 7.88. The third-order valence-electron chi connectivity index (χ3n) is 3.44. The molecule has 0 bridgehead atoms. The molecule has 2 aromatic carbocycles. The van der Waals surface area contributed by atoms with Crippen LogP contribution in [-0.4, -0.2) is 28.5 Å². The van der Waals surface area contributed by atoms with Crippen molar-refractivity contribution < 1.29 is 9.53 Å². The summed E-state index contributed by atoms with van der Waals surface area (Å²) in [4.78, 5) is 12.4. The van der Waals surface area contributed by atoms with Crippen molar-refractivity contribution in [3.63, 3.8) is 0 Å². The van der Waals surface area contributed by atoms with E-state index in [0.29, 0.717) is 16.6 Å². The minimum absolute atomic E-state index is 0.118. The van der Waals surface area contributed by atoms with Crippen LogP contribution < -0.4 is 15.4 Å². The van der Waals surface area contributed by atoms with Crippen LogP contribution in [0.5, 0.6) is 5.75 Å². The predicted molar refractivity (Wildman–Crippen MR) is 107 cm³/mol. The molecule has 0 aliphatic rings. The summed E-state index contributed by atoms with van der Waals surface area (Å²) >= 11 is 2.78. The second kappa shape index (κ2) is 8.68. The molecule has 0 aliphatic carbocycles. The zero-order chi connectivity index (χ0) is 18.4. The first-order valence-corrected chi connectivity index (χ1v) is 9.61. The van der Waals surface area contributed by atoms with Crippen molar-refractivity contribution in [3.05, 3.63) is 54.6 Å². The number of rotatable bonds is 7.